The van der Waals surface area contributed by atoms with Gasteiger partial charge in [0.25, 0.3) is 0 Å². The maximum Gasteiger partial charge on any atom is 0.341 e. The van der Waals surface area contributed by atoms with E-state index in [4.69, 9.17) is 4.74 Å². The number of thiophene rings is 1. The van der Waals surface area contributed by atoms with Crippen LogP contribution in [0.5, 0.6) is 5.75 Å². The third kappa shape index (κ3) is 4.73. The second kappa shape index (κ2) is 9.83. The standard InChI is InChI=1S/C24H23N3O5S/c1-2-32-24(31)20-16-9-5-6-10-19(16)33-23(20)26-21(29)22(30)27-25-13-17-15-8-4-3-7-14(15)11-12-18(17)28/h3-4,7-8,11-13,28H,2,5-6,9-10H2,1H3,(H,26,29)(H,27,30)/b25-13+. The first-order valence-corrected chi connectivity index (χ1v) is 11.5. The molecule has 8 nitrogen and oxygen atoms in total. The predicted octanol–water partition coefficient (Wildman–Crippen LogP) is 3.75. The maximum atomic E-state index is 12.5. The Balaban J connectivity index is 1.49. The summed E-state index contributed by atoms with van der Waals surface area (Å²) in [5.74, 6) is -2.44. The molecule has 0 radical (unpaired) electrons. The molecule has 170 valence electrons. The second-order valence-corrected chi connectivity index (χ2v) is 8.61. The van der Waals surface area contributed by atoms with E-state index in [1.807, 2.05) is 24.3 Å². The van der Waals surface area contributed by atoms with Crippen LogP contribution in [0, 0.1) is 0 Å². The first-order chi connectivity index (χ1) is 16.0. The predicted molar refractivity (Wildman–Crippen MR) is 127 cm³/mol. The number of hydrazone groups is 1. The number of hydrogen-bond acceptors (Lipinski definition) is 7. The Kier molecular flexibility index (Phi) is 6.69. The fraction of sp³-hybridized carbons (Fsp3) is 0.250. The lowest BCUT2D eigenvalue weighted by Gasteiger charge is -2.12. The van der Waals surface area contributed by atoms with Crippen molar-refractivity contribution in [2.75, 3.05) is 11.9 Å². The highest BCUT2D eigenvalue weighted by atomic mass is 32.1. The average Bonchev–Trinajstić information content (AvgIpc) is 3.18. The third-order valence-corrected chi connectivity index (χ3v) is 6.60. The Morgan fingerprint density at radius 2 is 1.91 bits per heavy atom. The van der Waals surface area contributed by atoms with Crippen LogP contribution in [-0.4, -0.2) is 35.7 Å². The van der Waals surface area contributed by atoms with E-state index in [1.165, 1.54) is 23.6 Å². The molecule has 0 saturated heterocycles. The minimum atomic E-state index is -0.993. The molecular formula is C24H23N3O5S. The zero-order chi connectivity index (χ0) is 23.4. The molecule has 0 spiro atoms. The summed E-state index contributed by atoms with van der Waals surface area (Å²) in [4.78, 5) is 38.3. The Bertz CT molecular complexity index is 1260. The van der Waals surface area contributed by atoms with Gasteiger partial charge in [0, 0.05) is 10.4 Å². The number of hydrogen-bond donors (Lipinski definition) is 3. The molecule has 0 aliphatic heterocycles. The van der Waals surface area contributed by atoms with Crippen LogP contribution in [0.4, 0.5) is 5.00 Å². The summed E-state index contributed by atoms with van der Waals surface area (Å²) in [6.45, 7) is 1.93. The molecule has 2 amide bonds. The van der Waals surface area contributed by atoms with Crippen molar-refractivity contribution in [3.05, 3.63) is 58.0 Å². The van der Waals surface area contributed by atoms with E-state index in [9.17, 15) is 19.5 Å². The quantitative estimate of drug-likeness (QED) is 0.230. The van der Waals surface area contributed by atoms with Crippen molar-refractivity contribution in [2.24, 2.45) is 5.10 Å². The third-order valence-electron chi connectivity index (χ3n) is 5.39. The highest BCUT2D eigenvalue weighted by molar-refractivity contribution is 7.17. The molecule has 1 heterocycles. The van der Waals surface area contributed by atoms with Gasteiger partial charge in [-0.1, -0.05) is 30.3 Å². The van der Waals surface area contributed by atoms with Crippen LogP contribution in [0.25, 0.3) is 10.8 Å². The van der Waals surface area contributed by atoms with Gasteiger partial charge in [-0.25, -0.2) is 10.2 Å². The van der Waals surface area contributed by atoms with Gasteiger partial charge in [-0.3, -0.25) is 9.59 Å². The lowest BCUT2D eigenvalue weighted by Crippen LogP contribution is -2.32. The number of carbonyl (C=O) groups is 3. The van der Waals surface area contributed by atoms with Crippen LogP contribution in [-0.2, 0) is 27.2 Å². The van der Waals surface area contributed by atoms with Crippen molar-refractivity contribution >= 4 is 51.1 Å². The summed E-state index contributed by atoms with van der Waals surface area (Å²) in [5, 5.41) is 18.5. The number of benzene rings is 2. The SMILES string of the molecule is CCOC(=O)c1c(NC(=O)C(=O)N/N=C/c2c(O)ccc3ccccc23)sc2c1CCCC2. The van der Waals surface area contributed by atoms with Crippen molar-refractivity contribution in [1.29, 1.82) is 0 Å². The molecule has 4 rings (SSSR count). The van der Waals surface area contributed by atoms with E-state index in [-0.39, 0.29) is 12.4 Å². The van der Waals surface area contributed by atoms with E-state index in [0.717, 1.165) is 46.9 Å². The summed E-state index contributed by atoms with van der Waals surface area (Å²) in [6, 6.07) is 10.7. The Morgan fingerprint density at radius 1 is 1.12 bits per heavy atom. The molecule has 2 aromatic carbocycles. The molecule has 0 bridgehead atoms. The van der Waals surface area contributed by atoms with Crippen molar-refractivity contribution < 1.29 is 24.2 Å². The summed E-state index contributed by atoms with van der Waals surface area (Å²) < 4.78 is 5.16. The molecule has 1 aliphatic carbocycles. The second-order valence-electron chi connectivity index (χ2n) is 7.51. The van der Waals surface area contributed by atoms with Gasteiger partial charge >= 0.3 is 17.8 Å². The van der Waals surface area contributed by atoms with E-state index >= 15 is 0 Å². The largest absolute Gasteiger partial charge is 0.507 e. The summed E-state index contributed by atoms with van der Waals surface area (Å²) in [7, 11) is 0. The van der Waals surface area contributed by atoms with E-state index < -0.39 is 17.8 Å². The monoisotopic (exact) mass is 465 g/mol. The number of esters is 1. The molecule has 3 N–H and O–H groups in total. The number of ether oxygens (including phenoxy) is 1. The van der Waals surface area contributed by atoms with E-state index in [0.29, 0.717) is 16.1 Å². The van der Waals surface area contributed by atoms with Crippen LogP contribution in [0.1, 0.15) is 46.1 Å². The average molecular weight is 466 g/mol. The zero-order valence-corrected chi connectivity index (χ0v) is 18.8. The summed E-state index contributed by atoms with van der Waals surface area (Å²) in [6.07, 6.45) is 4.82. The maximum absolute atomic E-state index is 12.5. The molecule has 0 atom stereocenters. The Labute approximate surface area is 194 Å². The van der Waals surface area contributed by atoms with Crippen LogP contribution < -0.4 is 10.7 Å². The van der Waals surface area contributed by atoms with Crippen molar-refractivity contribution in [1.82, 2.24) is 5.43 Å². The number of phenols is 1. The van der Waals surface area contributed by atoms with Gasteiger partial charge in [-0.2, -0.15) is 5.10 Å². The number of phenolic OH excluding ortho intramolecular Hbond substituents is 1. The molecule has 33 heavy (non-hydrogen) atoms. The Hall–Kier alpha value is -3.72. The number of aryl methyl sites for hydroxylation is 1. The highest BCUT2D eigenvalue weighted by Crippen LogP contribution is 2.38. The van der Waals surface area contributed by atoms with Crippen LogP contribution in [0.2, 0.25) is 0 Å². The fourth-order valence-electron chi connectivity index (χ4n) is 3.86. The fourth-order valence-corrected chi connectivity index (χ4v) is 5.13. The number of aromatic hydroxyl groups is 1. The number of amides is 2. The normalized spacial score (nSPS) is 13.0. The topological polar surface area (TPSA) is 117 Å². The first kappa shape index (κ1) is 22.5. The van der Waals surface area contributed by atoms with Gasteiger partial charge in [-0.05, 0) is 55.0 Å². The number of rotatable bonds is 5. The van der Waals surface area contributed by atoms with Gasteiger partial charge in [0.05, 0.1) is 18.4 Å². The van der Waals surface area contributed by atoms with Crippen LogP contribution in [0.3, 0.4) is 0 Å². The molecule has 0 fully saturated rings. The number of fused-ring (bicyclic) bond motifs is 2. The minimum Gasteiger partial charge on any atom is -0.507 e. The van der Waals surface area contributed by atoms with E-state index in [2.05, 4.69) is 15.8 Å². The smallest absolute Gasteiger partial charge is 0.341 e. The molecule has 3 aromatic rings. The van der Waals surface area contributed by atoms with E-state index in [1.54, 1.807) is 13.0 Å². The lowest BCUT2D eigenvalue weighted by atomic mass is 9.95. The molecule has 1 aromatic heterocycles. The number of nitrogens with zero attached hydrogens (tertiary/aromatic N) is 1. The first-order valence-electron chi connectivity index (χ1n) is 10.7. The molecule has 0 unspecified atom stereocenters. The Morgan fingerprint density at radius 3 is 2.73 bits per heavy atom. The molecule has 0 saturated carbocycles. The zero-order valence-electron chi connectivity index (χ0n) is 18.0. The molecule has 9 heteroatoms. The number of carbonyl (C=O) groups excluding carboxylic acids is 3. The van der Waals surface area contributed by atoms with Crippen molar-refractivity contribution in [3.63, 3.8) is 0 Å². The highest BCUT2D eigenvalue weighted by Gasteiger charge is 2.28. The molecular weight excluding hydrogens is 442 g/mol. The van der Waals surface area contributed by atoms with Gasteiger partial charge in [-0.15, -0.1) is 11.3 Å². The summed E-state index contributed by atoms with van der Waals surface area (Å²) >= 11 is 1.30. The minimum absolute atomic E-state index is 0.000560. The number of nitrogens with one attached hydrogen (secondary N) is 2. The summed E-state index contributed by atoms with van der Waals surface area (Å²) in [5.41, 5.74) is 3.82. The van der Waals surface area contributed by atoms with Gasteiger partial charge in [0.1, 0.15) is 10.8 Å². The van der Waals surface area contributed by atoms with Crippen LogP contribution in [0.15, 0.2) is 41.5 Å². The van der Waals surface area contributed by atoms with Crippen molar-refractivity contribution in [2.45, 2.75) is 32.6 Å². The van der Waals surface area contributed by atoms with Gasteiger partial charge < -0.3 is 15.2 Å². The molecule has 1 aliphatic rings. The van der Waals surface area contributed by atoms with Crippen molar-refractivity contribution in [3.8, 4) is 5.75 Å². The number of anilines is 1. The van der Waals surface area contributed by atoms with Crippen LogP contribution >= 0.6 is 11.3 Å². The van der Waals surface area contributed by atoms with Gasteiger partial charge in [0.15, 0.2) is 0 Å². The lowest BCUT2D eigenvalue weighted by molar-refractivity contribution is -0.136. The van der Waals surface area contributed by atoms with Gasteiger partial charge in [0.2, 0.25) is 0 Å².